The van der Waals surface area contributed by atoms with Crippen molar-refractivity contribution in [2.75, 3.05) is 5.43 Å². The second kappa shape index (κ2) is 6.83. The molecule has 1 heterocycles. The molecule has 0 atom stereocenters. The molecule has 6 nitrogen and oxygen atoms in total. The van der Waals surface area contributed by atoms with Gasteiger partial charge in [0.2, 0.25) is 0 Å². The number of pyridine rings is 1. The van der Waals surface area contributed by atoms with E-state index in [9.17, 15) is 23.3 Å². The summed E-state index contributed by atoms with van der Waals surface area (Å²) in [5.74, 6) is -0.0607. The monoisotopic (exact) mass is 358 g/mol. The minimum atomic E-state index is -4.54. The molecular weight excluding hydrogens is 349 g/mol. The summed E-state index contributed by atoms with van der Waals surface area (Å²) in [6.07, 6.45) is -3.91. The number of hydrazone groups is 1. The van der Waals surface area contributed by atoms with Crippen LogP contribution in [0.25, 0.3) is 0 Å². The zero-order valence-electron chi connectivity index (χ0n) is 12.1. The lowest BCUT2D eigenvalue weighted by Gasteiger charge is -2.09. The first-order valence-corrected chi connectivity index (χ1v) is 6.84. The summed E-state index contributed by atoms with van der Waals surface area (Å²) in [4.78, 5) is 13.8. The summed E-state index contributed by atoms with van der Waals surface area (Å²) in [6.45, 7) is 1.57. The van der Waals surface area contributed by atoms with Crippen LogP contribution in [-0.2, 0) is 6.18 Å². The molecule has 10 heteroatoms. The van der Waals surface area contributed by atoms with Crippen LogP contribution < -0.4 is 5.43 Å². The van der Waals surface area contributed by atoms with Gasteiger partial charge in [-0.1, -0.05) is 23.7 Å². The molecule has 24 heavy (non-hydrogen) atoms. The van der Waals surface area contributed by atoms with Crippen molar-refractivity contribution in [3.8, 4) is 0 Å². The summed E-state index contributed by atoms with van der Waals surface area (Å²) in [6, 6.07) is 6.49. The number of hydrogen-bond acceptors (Lipinski definition) is 5. The molecule has 2 aromatic rings. The minimum absolute atomic E-state index is 0.0607. The predicted molar refractivity (Wildman–Crippen MR) is 83.2 cm³/mol. The zero-order chi connectivity index (χ0) is 17.9. The highest BCUT2D eigenvalue weighted by atomic mass is 35.5. The molecule has 0 aliphatic rings. The molecule has 0 radical (unpaired) electrons. The maximum Gasteiger partial charge on any atom is 0.417 e. The van der Waals surface area contributed by atoms with Crippen molar-refractivity contribution in [1.82, 2.24) is 4.98 Å². The fraction of sp³-hybridized carbons (Fsp3) is 0.143. The molecular formula is C14H10ClF3N4O2. The number of alkyl halides is 3. The fourth-order valence-corrected chi connectivity index (χ4v) is 1.93. The second-order valence-corrected chi connectivity index (χ2v) is 5.08. The number of aromatic nitrogens is 1. The Hall–Kier alpha value is -2.68. The van der Waals surface area contributed by atoms with Crippen molar-refractivity contribution >= 4 is 28.8 Å². The Kier molecular flexibility index (Phi) is 5.03. The number of nitrogens with one attached hydrogen (secondary N) is 1. The van der Waals surface area contributed by atoms with Gasteiger partial charge < -0.3 is 0 Å². The SMILES string of the molecule is C/C(=N\Nc1ncc(C(F)(F)F)cc1Cl)c1cccc([N+](=O)[O-])c1. The van der Waals surface area contributed by atoms with Crippen LogP contribution in [0.3, 0.4) is 0 Å². The quantitative estimate of drug-likeness (QED) is 0.495. The van der Waals surface area contributed by atoms with Crippen LogP contribution in [0.15, 0.2) is 41.6 Å². The number of nitro benzene ring substituents is 1. The first-order valence-electron chi connectivity index (χ1n) is 6.46. The highest BCUT2D eigenvalue weighted by molar-refractivity contribution is 6.33. The second-order valence-electron chi connectivity index (χ2n) is 4.67. The molecule has 0 saturated carbocycles. The number of benzene rings is 1. The van der Waals surface area contributed by atoms with E-state index in [0.717, 1.165) is 6.07 Å². The van der Waals surface area contributed by atoms with Crippen molar-refractivity contribution in [2.45, 2.75) is 13.1 Å². The topological polar surface area (TPSA) is 80.4 Å². The Morgan fingerprint density at radius 3 is 2.67 bits per heavy atom. The smallest absolute Gasteiger partial charge is 0.260 e. The average Bonchev–Trinajstić information content (AvgIpc) is 2.52. The number of anilines is 1. The first-order chi connectivity index (χ1) is 11.2. The van der Waals surface area contributed by atoms with Gasteiger partial charge in [-0.05, 0) is 13.0 Å². The number of hydrogen-bond donors (Lipinski definition) is 1. The van der Waals surface area contributed by atoms with E-state index >= 15 is 0 Å². The Balaban J connectivity index is 2.21. The number of halogens is 4. The molecule has 0 amide bonds. The molecule has 0 aliphatic carbocycles. The normalized spacial score (nSPS) is 12.1. The van der Waals surface area contributed by atoms with Crippen LogP contribution in [0.4, 0.5) is 24.7 Å². The summed E-state index contributed by atoms with van der Waals surface area (Å²) < 4.78 is 37.6. The van der Waals surface area contributed by atoms with Gasteiger partial charge in [0.1, 0.15) is 0 Å². The highest BCUT2D eigenvalue weighted by Crippen LogP contribution is 2.32. The number of nitro groups is 1. The van der Waals surface area contributed by atoms with Gasteiger partial charge in [-0.3, -0.25) is 15.5 Å². The Morgan fingerprint density at radius 1 is 1.38 bits per heavy atom. The first kappa shape index (κ1) is 17.7. The van der Waals surface area contributed by atoms with Gasteiger partial charge >= 0.3 is 6.18 Å². The van der Waals surface area contributed by atoms with Crippen LogP contribution in [0.1, 0.15) is 18.1 Å². The molecule has 126 valence electrons. The fourth-order valence-electron chi connectivity index (χ4n) is 1.72. The van der Waals surface area contributed by atoms with Gasteiger partial charge in [-0.2, -0.15) is 18.3 Å². The standard InChI is InChI=1S/C14H10ClF3N4O2/c1-8(9-3-2-4-11(5-9)22(23)24)20-21-13-12(15)6-10(7-19-13)14(16,17)18/h2-7H,1H3,(H,19,21)/b20-8+. The maximum absolute atomic E-state index is 12.5. The lowest BCUT2D eigenvalue weighted by Crippen LogP contribution is -2.07. The minimum Gasteiger partial charge on any atom is -0.260 e. The molecule has 1 aromatic carbocycles. The number of rotatable bonds is 4. The molecule has 2 rings (SSSR count). The van der Waals surface area contributed by atoms with E-state index in [2.05, 4.69) is 15.5 Å². The summed E-state index contributed by atoms with van der Waals surface area (Å²) >= 11 is 5.75. The predicted octanol–water partition coefficient (Wildman–Crippen LogP) is 4.50. The maximum atomic E-state index is 12.5. The van der Waals surface area contributed by atoms with Gasteiger partial charge in [0, 0.05) is 23.9 Å². The Bertz CT molecular complexity index is 809. The largest absolute Gasteiger partial charge is 0.417 e. The Labute approximate surface area is 139 Å². The van der Waals surface area contributed by atoms with Crippen LogP contribution in [-0.4, -0.2) is 15.6 Å². The Morgan fingerprint density at radius 2 is 2.08 bits per heavy atom. The molecule has 0 saturated heterocycles. The van der Waals surface area contributed by atoms with Crippen LogP contribution in [0, 0.1) is 10.1 Å². The molecule has 0 fully saturated rings. The highest BCUT2D eigenvalue weighted by Gasteiger charge is 2.31. The molecule has 0 aliphatic heterocycles. The van der Waals surface area contributed by atoms with Gasteiger partial charge in [0.25, 0.3) is 5.69 Å². The van der Waals surface area contributed by atoms with Crippen molar-refractivity contribution < 1.29 is 18.1 Å². The van der Waals surface area contributed by atoms with E-state index in [1.54, 1.807) is 13.0 Å². The average molecular weight is 359 g/mol. The lowest BCUT2D eigenvalue weighted by molar-refractivity contribution is -0.384. The van der Waals surface area contributed by atoms with E-state index in [1.807, 2.05) is 0 Å². The van der Waals surface area contributed by atoms with Crippen LogP contribution in [0.5, 0.6) is 0 Å². The molecule has 0 spiro atoms. The summed E-state index contributed by atoms with van der Waals surface area (Å²) in [5, 5.41) is 14.4. The third-order valence-corrected chi connectivity index (χ3v) is 3.26. The molecule has 1 aromatic heterocycles. The van der Waals surface area contributed by atoms with Crippen molar-refractivity contribution in [1.29, 1.82) is 0 Å². The summed E-state index contributed by atoms with van der Waals surface area (Å²) in [5.41, 5.74) is 2.21. The van der Waals surface area contributed by atoms with Gasteiger partial charge in [0.05, 0.1) is 21.2 Å². The number of nitrogens with zero attached hydrogens (tertiary/aromatic N) is 3. The third-order valence-electron chi connectivity index (χ3n) is 2.97. The molecule has 0 bridgehead atoms. The number of non-ortho nitro benzene ring substituents is 1. The van der Waals surface area contributed by atoms with Gasteiger partial charge in [-0.15, -0.1) is 0 Å². The van der Waals surface area contributed by atoms with E-state index in [1.165, 1.54) is 18.2 Å². The van der Waals surface area contributed by atoms with Crippen molar-refractivity contribution in [3.63, 3.8) is 0 Å². The van der Waals surface area contributed by atoms with Crippen molar-refractivity contribution in [3.05, 3.63) is 62.8 Å². The van der Waals surface area contributed by atoms with E-state index < -0.39 is 16.7 Å². The van der Waals surface area contributed by atoms with Gasteiger partial charge in [-0.25, -0.2) is 4.98 Å². The molecule has 1 N–H and O–H groups in total. The van der Waals surface area contributed by atoms with Crippen LogP contribution >= 0.6 is 11.6 Å². The lowest BCUT2D eigenvalue weighted by atomic mass is 10.1. The van der Waals surface area contributed by atoms with Crippen LogP contribution in [0.2, 0.25) is 5.02 Å². The van der Waals surface area contributed by atoms with Gasteiger partial charge in [0.15, 0.2) is 5.82 Å². The van der Waals surface area contributed by atoms with E-state index in [4.69, 9.17) is 11.6 Å². The van der Waals surface area contributed by atoms with Crippen molar-refractivity contribution in [2.24, 2.45) is 5.10 Å². The van der Waals surface area contributed by atoms with E-state index in [-0.39, 0.29) is 16.5 Å². The summed E-state index contributed by atoms with van der Waals surface area (Å²) in [7, 11) is 0. The molecule has 0 unspecified atom stereocenters. The zero-order valence-corrected chi connectivity index (χ0v) is 12.9. The van der Waals surface area contributed by atoms with E-state index in [0.29, 0.717) is 17.5 Å². The third kappa shape index (κ3) is 4.19.